The lowest BCUT2D eigenvalue weighted by Crippen LogP contribution is -2.30. The predicted octanol–water partition coefficient (Wildman–Crippen LogP) is 6.94. The molecule has 2 aliphatic rings. The molecule has 0 N–H and O–H groups in total. The summed E-state index contributed by atoms with van der Waals surface area (Å²) >= 11 is 0. The van der Waals surface area contributed by atoms with E-state index >= 15 is 0 Å². The van der Waals surface area contributed by atoms with Crippen molar-refractivity contribution in [2.75, 3.05) is 0 Å². The van der Waals surface area contributed by atoms with Crippen LogP contribution in [0, 0.1) is 17.8 Å². The van der Waals surface area contributed by atoms with Crippen LogP contribution in [0.2, 0.25) is 0 Å². The Balaban J connectivity index is 1.52. The van der Waals surface area contributed by atoms with Gasteiger partial charge >= 0.3 is 6.61 Å². The van der Waals surface area contributed by atoms with E-state index in [-0.39, 0.29) is 5.75 Å². The summed E-state index contributed by atoms with van der Waals surface area (Å²) in [5, 5.41) is 0. The van der Waals surface area contributed by atoms with Gasteiger partial charge in [0.05, 0.1) is 0 Å². The van der Waals surface area contributed by atoms with Gasteiger partial charge in [0.15, 0.2) is 0 Å². The van der Waals surface area contributed by atoms with Crippen molar-refractivity contribution in [2.45, 2.75) is 70.8 Å². The van der Waals surface area contributed by atoms with Crippen LogP contribution in [0.15, 0.2) is 36.4 Å². The number of hydrogen-bond donors (Lipinski definition) is 0. The van der Waals surface area contributed by atoms with Crippen molar-refractivity contribution in [1.29, 1.82) is 0 Å². The van der Waals surface area contributed by atoms with Gasteiger partial charge < -0.3 is 4.74 Å². The molecular formula is C22H30F2O. The van der Waals surface area contributed by atoms with E-state index in [9.17, 15) is 8.78 Å². The van der Waals surface area contributed by atoms with E-state index in [0.29, 0.717) is 5.92 Å². The van der Waals surface area contributed by atoms with E-state index in [1.54, 1.807) is 12.1 Å². The number of allylic oxidation sites excluding steroid dienone is 2. The first kappa shape index (κ1) is 18.4. The summed E-state index contributed by atoms with van der Waals surface area (Å²) < 4.78 is 29.0. The second-order valence-corrected chi connectivity index (χ2v) is 7.80. The van der Waals surface area contributed by atoms with Gasteiger partial charge in [0.1, 0.15) is 5.75 Å². The number of hydrogen-bond acceptors (Lipinski definition) is 1. The summed E-state index contributed by atoms with van der Waals surface area (Å²) in [5.74, 6) is 3.52. The van der Waals surface area contributed by atoms with Crippen molar-refractivity contribution in [3.05, 3.63) is 42.0 Å². The molecule has 1 nitrogen and oxygen atoms in total. The second kappa shape index (κ2) is 8.82. The third kappa shape index (κ3) is 5.05. The summed E-state index contributed by atoms with van der Waals surface area (Å²) in [5.41, 5.74) is 1.29. The molecule has 2 saturated carbocycles. The summed E-state index contributed by atoms with van der Waals surface area (Å²) in [4.78, 5) is 0. The van der Waals surface area contributed by atoms with Gasteiger partial charge in [-0.1, -0.05) is 30.7 Å². The Morgan fingerprint density at radius 2 is 1.76 bits per heavy atom. The molecule has 2 fully saturated rings. The first-order valence-electron chi connectivity index (χ1n) is 9.81. The molecule has 3 rings (SSSR count). The first-order valence-corrected chi connectivity index (χ1v) is 9.81. The van der Waals surface area contributed by atoms with Crippen LogP contribution in [0.5, 0.6) is 5.75 Å². The summed E-state index contributed by atoms with van der Waals surface area (Å²) in [7, 11) is 0. The number of halogens is 2. The largest absolute Gasteiger partial charge is 0.435 e. The smallest absolute Gasteiger partial charge is 0.387 e. The van der Waals surface area contributed by atoms with Crippen LogP contribution in [-0.2, 0) is 0 Å². The molecule has 1 aromatic rings. The molecular weight excluding hydrogens is 318 g/mol. The van der Waals surface area contributed by atoms with Gasteiger partial charge in [0.25, 0.3) is 0 Å². The molecule has 0 bridgehead atoms. The maximum absolute atomic E-state index is 12.3. The molecule has 1 aromatic carbocycles. The highest BCUT2D eigenvalue weighted by Gasteiger charge is 2.35. The molecule has 0 aromatic heterocycles. The van der Waals surface area contributed by atoms with E-state index in [4.69, 9.17) is 0 Å². The lowest BCUT2D eigenvalue weighted by Gasteiger charge is -2.42. The topological polar surface area (TPSA) is 9.23 Å². The minimum atomic E-state index is -2.75. The molecule has 2 aliphatic carbocycles. The van der Waals surface area contributed by atoms with E-state index in [1.807, 2.05) is 12.1 Å². The molecule has 0 spiro atoms. The molecule has 0 saturated heterocycles. The van der Waals surface area contributed by atoms with Gasteiger partial charge in [0.2, 0.25) is 0 Å². The third-order valence-corrected chi connectivity index (χ3v) is 6.28. The van der Waals surface area contributed by atoms with E-state index in [1.165, 1.54) is 56.9 Å². The van der Waals surface area contributed by atoms with Crippen molar-refractivity contribution in [2.24, 2.45) is 17.8 Å². The fourth-order valence-electron chi connectivity index (χ4n) is 4.97. The quantitative estimate of drug-likeness (QED) is 0.506. The Labute approximate surface area is 150 Å². The van der Waals surface area contributed by atoms with Crippen molar-refractivity contribution in [3.63, 3.8) is 0 Å². The van der Waals surface area contributed by atoms with Crippen molar-refractivity contribution in [1.82, 2.24) is 0 Å². The molecule has 3 heteroatoms. The minimum Gasteiger partial charge on any atom is -0.435 e. The predicted molar refractivity (Wildman–Crippen MR) is 98.0 cm³/mol. The van der Waals surface area contributed by atoms with E-state index in [2.05, 4.69) is 23.8 Å². The first-order chi connectivity index (χ1) is 12.2. The molecule has 0 amide bonds. The standard InChI is InChI=1S/C22H30F2O/c1-2-3-4-5-16-6-7-20-15-19(9-8-18(20)14-16)17-10-12-21(13-11-17)25-22(23)24/h2-3,10-13,16,18-20,22H,4-9,14-15H2,1H3/t16-,18-,19?,20-/m1/s1. The maximum Gasteiger partial charge on any atom is 0.387 e. The normalized spacial score (nSPS) is 29.8. The van der Waals surface area contributed by atoms with Gasteiger partial charge in [-0.3, -0.25) is 0 Å². The summed E-state index contributed by atoms with van der Waals surface area (Å²) in [6.07, 6.45) is 15.0. The Kier molecular flexibility index (Phi) is 6.50. The zero-order chi connectivity index (χ0) is 17.6. The maximum atomic E-state index is 12.3. The zero-order valence-electron chi connectivity index (χ0n) is 15.2. The Bertz CT molecular complexity index is 552. The lowest BCUT2D eigenvalue weighted by atomic mass is 9.63. The number of alkyl halides is 2. The fourth-order valence-corrected chi connectivity index (χ4v) is 4.97. The molecule has 0 aliphatic heterocycles. The van der Waals surface area contributed by atoms with Crippen LogP contribution in [0.1, 0.15) is 69.8 Å². The van der Waals surface area contributed by atoms with Gasteiger partial charge in [-0.25, -0.2) is 0 Å². The number of fused-ring (bicyclic) bond motifs is 1. The molecule has 138 valence electrons. The van der Waals surface area contributed by atoms with Crippen LogP contribution in [0.4, 0.5) is 8.78 Å². The lowest BCUT2D eigenvalue weighted by molar-refractivity contribution is -0.0498. The highest BCUT2D eigenvalue weighted by atomic mass is 19.3. The van der Waals surface area contributed by atoms with Crippen LogP contribution < -0.4 is 4.74 Å². The van der Waals surface area contributed by atoms with Gasteiger partial charge in [-0.2, -0.15) is 8.78 Å². The molecule has 0 heterocycles. The Morgan fingerprint density at radius 1 is 1.04 bits per heavy atom. The summed E-state index contributed by atoms with van der Waals surface area (Å²) in [6, 6.07) is 7.33. The SMILES string of the molecule is CC=CCC[C@@H]1CC[C@@H]2CC(c3ccc(OC(F)F)cc3)CC[C@@H]2C1. The number of benzene rings is 1. The summed E-state index contributed by atoms with van der Waals surface area (Å²) in [6.45, 7) is -0.645. The van der Waals surface area contributed by atoms with Crippen molar-refractivity contribution >= 4 is 0 Å². The third-order valence-electron chi connectivity index (χ3n) is 6.28. The van der Waals surface area contributed by atoms with E-state index in [0.717, 1.165) is 17.8 Å². The van der Waals surface area contributed by atoms with Gasteiger partial charge in [-0.05, 0) is 93.2 Å². The molecule has 0 radical (unpaired) electrons. The molecule has 25 heavy (non-hydrogen) atoms. The van der Waals surface area contributed by atoms with Crippen molar-refractivity contribution < 1.29 is 13.5 Å². The minimum absolute atomic E-state index is 0.258. The fraction of sp³-hybridized carbons (Fsp3) is 0.636. The highest BCUT2D eigenvalue weighted by molar-refractivity contribution is 5.30. The average Bonchev–Trinajstić information content (AvgIpc) is 2.62. The van der Waals surface area contributed by atoms with Gasteiger partial charge in [-0.15, -0.1) is 0 Å². The van der Waals surface area contributed by atoms with Gasteiger partial charge in [0, 0.05) is 0 Å². The van der Waals surface area contributed by atoms with Crippen LogP contribution in [0.3, 0.4) is 0 Å². The molecule has 4 atom stereocenters. The van der Waals surface area contributed by atoms with Crippen molar-refractivity contribution in [3.8, 4) is 5.75 Å². The monoisotopic (exact) mass is 348 g/mol. The average molecular weight is 348 g/mol. The highest BCUT2D eigenvalue weighted by Crippen LogP contribution is 2.48. The number of rotatable bonds is 6. The van der Waals surface area contributed by atoms with Crippen LogP contribution in [-0.4, -0.2) is 6.61 Å². The Hall–Kier alpha value is -1.38. The van der Waals surface area contributed by atoms with E-state index < -0.39 is 6.61 Å². The van der Waals surface area contributed by atoms with Crippen LogP contribution in [0.25, 0.3) is 0 Å². The molecule has 1 unspecified atom stereocenters. The van der Waals surface area contributed by atoms with Crippen LogP contribution >= 0.6 is 0 Å². The second-order valence-electron chi connectivity index (χ2n) is 7.80. The number of ether oxygens (including phenoxy) is 1. The zero-order valence-corrected chi connectivity index (χ0v) is 15.2. The Morgan fingerprint density at radius 3 is 2.48 bits per heavy atom.